The number of hydrogen-bond donors (Lipinski definition) is 8. The van der Waals surface area contributed by atoms with Crippen LogP contribution in [0.15, 0.2) is 109 Å². The Morgan fingerprint density at radius 1 is 0.624 bits per heavy atom. The number of nitrogens with one attached hydrogen (secondary N) is 7. The molecule has 2 aromatic carbocycles. The minimum atomic E-state index is -3.87. The summed E-state index contributed by atoms with van der Waals surface area (Å²) in [5, 5.41) is 24.2. The molecule has 8 N–H and O–H groups in total. The molecule has 14 rings (SSSR count). The fourth-order valence-corrected chi connectivity index (χ4v) is 15.4. The number of cyclic esters (lactones) is 2. The number of carboxylic acids is 1. The molecular weight excluding hydrogens is 1290 g/mol. The molecular formula is C60H62N12O17S4. The van der Waals surface area contributed by atoms with Gasteiger partial charge in [-0.2, -0.15) is 0 Å². The number of carboxylic acid groups (broad SMARTS) is 1. The van der Waals surface area contributed by atoms with E-state index in [9.17, 15) is 55.2 Å². The van der Waals surface area contributed by atoms with Gasteiger partial charge in [-0.25, -0.2) is 51.2 Å². The van der Waals surface area contributed by atoms with Gasteiger partial charge >= 0.3 is 18.2 Å². The van der Waals surface area contributed by atoms with Gasteiger partial charge in [-0.05, 0) is 85.7 Å². The van der Waals surface area contributed by atoms with E-state index in [1.165, 1.54) is 33.6 Å². The second-order valence-corrected chi connectivity index (χ2v) is 29.2. The van der Waals surface area contributed by atoms with Crippen LogP contribution in [0.25, 0.3) is 43.2 Å². The van der Waals surface area contributed by atoms with Gasteiger partial charge in [0, 0.05) is 31.2 Å². The summed E-state index contributed by atoms with van der Waals surface area (Å²) in [7, 11) is -7.60. The predicted molar refractivity (Wildman–Crippen MR) is 334 cm³/mol. The Morgan fingerprint density at radius 2 is 1.09 bits per heavy atom. The molecule has 4 saturated heterocycles. The van der Waals surface area contributed by atoms with Crippen LogP contribution >= 0.6 is 22.7 Å². The molecule has 4 aliphatic carbocycles. The van der Waals surface area contributed by atoms with Crippen molar-refractivity contribution in [1.29, 1.82) is 0 Å². The molecule has 488 valence electrons. The van der Waals surface area contributed by atoms with Gasteiger partial charge in [-0.15, -0.1) is 35.8 Å². The SMILES string of the molecule is C=C[C@@H]1C[C@]1(NC(=O)[C@@H]1C[C@@H](Oc2nc3ccccc3nc2-c2cccs2)CN1)C(=O)NS(=O)(=O)C1CC1.C=C[C@@H]1C[C@]1(NC(=O)[C@@H]1C[C@@H](Oc2nc3ccccc3nc2-c2cccs2)CN1C(=O)C1COC(=O)N1)C(=O)NS(=O)(=O)C1CC1.O=C1NC(C(=O)O)CO1. The maximum absolute atomic E-state index is 13.9. The highest BCUT2D eigenvalue weighted by atomic mass is 32.2. The number of aliphatic carboxylic acids is 1. The van der Waals surface area contributed by atoms with Crippen molar-refractivity contribution in [3.05, 3.63) is 109 Å². The quantitative estimate of drug-likeness (QED) is 0.0509. The third-order valence-corrected chi connectivity index (χ3v) is 22.2. The number of sulfonamides is 2. The van der Waals surface area contributed by atoms with Crippen molar-refractivity contribution in [2.75, 3.05) is 26.3 Å². The Bertz CT molecular complexity index is 4230. The average molecular weight is 1350 g/mol. The highest BCUT2D eigenvalue weighted by Gasteiger charge is 2.63. The molecule has 6 aromatic rings. The molecule has 93 heavy (non-hydrogen) atoms. The number of ether oxygens (including phenoxy) is 4. The number of carbonyl (C=O) groups is 8. The van der Waals surface area contributed by atoms with Crippen molar-refractivity contribution in [3.63, 3.8) is 0 Å². The number of hydrogen-bond acceptors (Lipinski definition) is 23. The highest BCUT2D eigenvalue weighted by Crippen LogP contribution is 2.47. The van der Waals surface area contributed by atoms with Crippen molar-refractivity contribution in [3.8, 4) is 32.9 Å². The van der Waals surface area contributed by atoms with Crippen LogP contribution in [0.2, 0.25) is 0 Å². The molecule has 4 aliphatic heterocycles. The molecule has 8 fully saturated rings. The number of alkyl carbamates (subject to hydrolysis) is 2. The number of amides is 7. The van der Waals surface area contributed by atoms with Gasteiger partial charge in [-0.3, -0.25) is 33.4 Å². The number of para-hydroxylation sites is 4. The zero-order valence-corrected chi connectivity index (χ0v) is 52.5. The molecule has 4 aromatic heterocycles. The lowest BCUT2D eigenvalue weighted by Gasteiger charge is -2.27. The van der Waals surface area contributed by atoms with Crippen LogP contribution in [-0.2, 0) is 58.3 Å². The van der Waals surface area contributed by atoms with E-state index in [-0.39, 0.29) is 56.4 Å². The first-order valence-electron chi connectivity index (χ1n) is 29.7. The van der Waals surface area contributed by atoms with Crippen molar-refractivity contribution in [1.82, 2.24) is 60.9 Å². The third-order valence-electron chi connectivity index (χ3n) is 16.8. The van der Waals surface area contributed by atoms with Gasteiger partial charge in [-0.1, -0.05) is 48.6 Å². The number of aromatic nitrogens is 4. The van der Waals surface area contributed by atoms with Gasteiger partial charge in [0.1, 0.15) is 60.0 Å². The smallest absolute Gasteiger partial charge is 0.408 e. The maximum Gasteiger partial charge on any atom is 0.408 e. The Labute approximate surface area is 539 Å². The normalized spacial score (nSPS) is 26.6. The van der Waals surface area contributed by atoms with Crippen LogP contribution in [0.4, 0.5) is 9.59 Å². The Balaban J connectivity index is 0.000000160. The van der Waals surface area contributed by atoms with E-state index >= 15 is 0 Å². The van der Waals surface area contributed by atoms with Crippen molar-refractivity contribution in [2.45, 2.75) is 109 Å². The van der Waals surface area contributed by atoms with E-state index in [1.807, 2.05) is 77.5 Å². The number of rotatable bonds is 20. The lowest BCUT2D eigenvalue weighted by Crippen LogP contribution is -2.58. The van der Waals surface area contributed by atoms with Crippen LogP contribution < -0.4 is 45.5 Å². The molecule has 29 nitrogen and oxygen atoms in total. The summed E-state index contributed by atoms with van der Waals surface area (Å²) in [5.41, 5.74) is 1.06. The lowest BCUT2D eigenvalue weighted by atomic mass is 10.1. The average Bonchev–Trinajstić information content (AvgIpc) is 1.59. The monoisotopic (exact) mass is 1350 g/mol. The first-order valence-corrected chi connectivity index (χ1v) is 34.5. The molecule has 33 heteroatoms. The summed E-state index contributed by atoms with van der Waals surface area (Å²) in [4.78, 5) is 121. The first-order chi connectivity index (χ1) is 44.6. The molecule has 7 amide bonds. The molecule has 10 atom stereocenters. The van der Waals surface area contributed by atoms with Crippen LogP contribution in [-0.4, -0.2) is 179 Å². The fourth-order valence-electron chi connectivity index (χ4n) is 11.2. The number of likely N-dealkylation sites (tertiary alicyclic amines) is 1. The summed E-state index contributed by atoms with van der Waals surface area (Å²) < 4.78 is 75.9. The van der Waals surface area contributed by atoms with Crippen LogP contribution in [0.1, 0.15) is 51.4 Å². The summed E-state index contributed by atoms with van der Waals surface area (Å²) in [6, 6.07) is 18.9. The molecule has 0 radical (unpaired) electrons. The fraction of sp³-hybridized carbons (Fsp3) is 0.400. The Kier molecular flexibility index (Phi) is 17.7. The van der Waals surface area contributed by atoms with Crippen molar-refractivity contribution in [2.24, 2.45) is 11.8 Å². The zero-order valence-electron chi connectivity index (χ0n) is 49.3. The minimum Gasteiger partial charge on any atom is -0.480 e. The second kappa shape index (κ2) is 25.7. The van der Waals surface area contributed by atoms with Crippen molar-refractivity contribution < 1.29 is 79.2 Å². The van der Waals surface area contributed by atoms with Crippen LogP contribution in [0.3, 0.4) is 0 Å². The van der Waals surface area contributed by atoms with E-state index in [2.05, 4.69) is 53.9 Å². The standard InChI is InChI=1S/C30H30N6O8S2.C26H27N5O5S2.C4H5NO4/c1-2-16-13-30(16,28(39)35-46(41,42)18-9-10-18)34-25(37)22-12-17(14-36(22)27(38)21-15-43-29(40)33-21)44-26-24(23-8-5-11-45-23)31-19-6-3-4-7-20(19)32-26;1-2-15-13-26(15,25(33)31-38(34,35)17-9-10-17)30-23(32)20-12-16(14-27-20)36-24-22(21-8-5-11-37-21)28-18-6-3-4-7-19(18)29-24;6-3(7)2-1-9-4(8)5-2/h2-8,11,16-18,21-22H,1,9-10,12-15H2,(H,33,40)(H,34,37)(H,35,39);2-8,11,15-17,20,27H,1,9-10,12-14H2,(H,30,32)(H,31,33);2H,1H2,(H,5,8)(H,6,7)/t16-,17-,21?,22+,30-;15-,16-,20+,26-;/m11./s1. The topological polar surface area (TPSA) is 401 Å². The van der Waals surface area contributed by atoms with E-state index < -0.39 is 120 Å². The number of thiophene rings is 2. The summed E-state index contributed by atoms with van der Waals surface area (Å²) in [6.45, 7) is 7.53. The molecule has 0 spiro atoms. The van der Waals surface area contributed by atoms with Gasteiger partial charge in [0.05, 0.1) is 54.9 Å². The van der Waals surface area contributed by atoms with Gasteiger partial charge in [0.25, 0.3) is 11.8 Å². The number of nitrogens with zero attached hydrogens (tertiary/aromatic N) is 5. The van der Waals surface area contributed by atoms with Gasteiger partial charge in [0.2, 0.25) is 49.5 Å². The molecule has 4 saturated carbocycles. The van der Waals surface area contributed by atoms with E-state index in [0.717, 1.165) is 15.3 Å². The minimum absolute atomic E-state index is 0.0221. The highest BCUT2D eigenvalue weighted by molar-refractivity contribution is 7.91. The molecule has 8 heterocycles. The molecule has 0 bridgehead atoms. The predicted octanol–water partition coefficient (Wildman–Crippen LogP) is 2.80. The molecule has 2 unspecified atom stereocenters. The van der Waals surface area contributed by atoms with Gasteiger partial charge in [0.15, 0.2) is 6.04 Å². The Morgan fingerprint density at radius 3 is 1.49 bits per heavy atom. The maximum atomic E-state index is 13.9. The number of benzene rings is 2. The summed E-state index contributed by atoms with van der Waals surface area (Å²) >= 11 is 3.00. The Hall–Kier alpha value is -9.18. The third kappa shape index (κ3) is 13.8. The molecule has 8 aliphatic rings. The summed E-state index contributed by atoms with van der Waals surface area (Å²) in [6.07, 6.45) is 3.40. The van der Waals surface area contributed by atoms with Crippen LogP contribution in [0.5, 0.6) is 11.8 Å². The largest absolute Gasteiger partial charge is 0.480 e. The number of carbonyl (C=O) groups excluding carboxylic acids is 7. The second-order valence-electron chi connectivity index (χ2n) is 23.4. The van der Waals surface area contributed by atoms with Crippen molar-refractivity contribution >= 4 is 112 Å². The lowest BCUT2D eigenvalue weighted by molar-refractivity contribution is -0.141. The van der Waals surface area contributed by atoms with E-state index in [1.54, 1.807) is 12.1 Å². The number of fused-ring (bicyclic) bond motifs is 2. The zero-order chi connectivity index (χ0) is 65.6. The van der Waals surface area contributed by atoms with Gasteiger partial charge < -0.3 is 55.5 Å². The van der Waals surface area contributed by atoms with E-state index in [0.29, 0.717) is 78.9 Å². The first kappa shape index (κ1) is 63.9. The summed E-state index contributed by atoms with van der Waals surface area (Å²) in [5.74, 6) is -4.46. The van der Waals surface area contributed by atoms with Crippen LogP contribution in [0, 0.1) is 11.8 Å². The van der Waals surface area contributed by atoms with E-state index in [4.69, 9.17) is 39.3 Å².